The lowest BCUT2D eigenvalue weighted by Gasteiger charge is -2.26. The van der Waals surface area contributed by atoms with Crippen molar-refractivity contribution in [2.75, 3.05) is 32.0 Å². The molecule has 0 unspecified atom stereocenters. The van der Waals surface area contributed by atoms with E-state index in [4.69, 9.17) is 10.5 Å². The number of hydrogen-bond acceptors (Lipinski definition) is 3. The van der Waals surface area contributed by atoms with Crippen molar-refractivity contribution in [2.45, 2.75) is 26.2 Å². The Labute approximate surface area is 104 Å². The second-order valence-corrected chi connectivity index (χ2v) is 4.74. The lowest BCUT2D eigenvalue weighted by Crippen LogP contribution is -2.33. The molecular formula is C14H22N2O. The highest BCUT2D eigenvalue weighted by molar-refractivity contribution is 5.57. The predicted molar refractivity (Wildman–Crippen MR) is 71.4 cm³/mol. The number of likely N-dealkylation sites (tertiary alicyclic amines) is 1. The molecule has 0 aliphatic carbocycles. The molecule has 0 saturated carbocycles. The Morgan fingerprint density at radius 3 is 2.76 bits per heavy atom. The quantitative estimate of drug-likeness (QED) is 0.813. The first-order valence-corrected chi connectivity index (χ1v) is 6.47. The molecule has 1 heterocycles. The van der Waals surface area contributed by atoms with E-state index in [1.165, 1.54) is 32.4 Å². The molecule has 3 nitrogen and oxygen atoms in total. The van der Waals surface area contributed by atoms with Gasteiger partial charge in [0.2, 0.25) is 0 Å². The van der Waals surface area contributed by atoms with Crippen molar-refractivity contribution in [1.82, 2.24) is 4.90 Å². The summed E-state index contributed by atoms with van der Waals surface area (Å²) in [6, 6.07) is 5.94. The maximum atomic E-state index is 5.96. The zero-order chi connectivity index (χ0) is 12.1. The Bertz CT molecular complexity index is 359. The van der Waals surface area contributed by atoms with E-state index in [1.54, 1.807) is 0 Å². The largest absolute Gasteiger partial charge is 0.490 e. The van der Waals surface area contributed by atoms with Crippen LogP contribution in [-0.4, -0.2) is 31.1 Å². The minimum Gasteiger partial charge on any atom is -0.490 e. The Hall–Kier alpha value is -1.22. The number of nitrogens with zero attached hydrogens (tertiary/aromatic N) is 1. The maximum Gasteiger partial charge on any atom is 0.142 e. The molecule has 1 aromatic rings. The molecule has 2 rings (SSSR count). The van der Waals surface area contributed by atoms with Crippen molar-refractivity contribution in [3.05, 3.63) is 23.8 Å². The number of ether oxygens (including phenoxy) is 1. The number of benzene rings is 1. The van der Waals surface area contributed by atoms with Gasteiger partial charge < -0.3 is 10.5 Å². The Balaban J connectivity index is 1.79. The van der Waals surface area contributed by atoms with E-state index < -0.39 is 0 Å². The Kier molecular flexibility index (Phi) is 4.26. The topological polar surface area (TPSA) is 38.5 Å². The summed E-state index contributed by atoms with van der Waals surface area (Å²) in [5, 5.41) is 0. The van der Waals surface area contributed by atoms with Crippen LogP contribution in [0.1, 0.15) is 24.8 Å². The summed E-state index contributed by atoms with van der Waals surface area (Å²) in [5.41, 5.74) is 7.82. The van der Waals surface area contributed by atoms with Gasteiger partial charge in [-0.25, -0.2) is 0 Å². The first kappa shape index (κ1) is 12.2. The molecule has 1 saturated heterocycles. The average molecular weight is 234 g/mol. The van der Waals surface area contributed by atoms with Crippen LogP contribution in [0.5, 0.6) is 5.75 Å². The van der Waals surface area contributed by atoms with Crippen LogP contribution in [0.2, 0.25) is 0 Å². The second kappa shape index (κ2) is 5.92. The van der Waals surface area contributed by atoms with Crippen molar-refractivity contribution in [1.29, 1.82) is 0 Å². The van der Waals surface area contributed by atoms with Crippen molar-refractivity contribution < 1.29 is 4.74 Å². The van der Waals surface area contributed by atoms with Crippen molar-refractivity contribution in [2.24, 2.45) is 0 Å². The van der Waals surface area contributed by atoms with Crippen LogP contribution in [0.15, 0.2) is 18.2 Å². The highest BCUT2D eigenvalue weighted by Crippen LogP contribution is 2.24. The van der Waals surface area contributed by atoms with Gasteiger partial charge in [0.15, 0.2) is 0 Å². The number of nitrogens with two attached hydrogens (primary N) is 1. The smallest absolute Gasteiger partial charge is 0.142 e. The van der Waals surface area contributed by atoms with Gasteiger partial charge in [-0.2, -0.15) is 0 Å². The third kappa shape index (κ3) is 3.37. The molecule has 1 aliphatic heterocycles. The Morgan fingerprint density at radius 1 is 1.24 bits per heavy atom. The van der Waals surface area contributed by atoms with E-state index in [1.807, 2.05) is 25.1 Å². The van der Waals surface area contributed by atoms with Gasteiger partial charge in [0, 0.05) is 6.54 Å². The number of anilines is 1. The van der Waals surface area contributed by atoms with Crippen LogP contribution in [0, 0.1) is 6.92 Å². The van der Waals surface area contributed by atoms with Gasteiger partial charge in [0.25, 0.3) is 0 Å². The maximum absolute atomic E-state index is 5.96. The summed E-state index contributed by atoms with van der Waals surface area (Å²) in [4.78, 5) is 2.47. The number of nitrogen functional groups attached to an aromatic ring is 1. The van der Waals surface area contributed by atoms with Crippen LogP contribution >= 0.6 is 0 Å². The summed E-state index contributed by atoms with van der Waals surface area (Å²) in [6.45, 7) is 6.17. The predicted octanol–water partition coefficient (Wildman–Crippen LogP) is 2.44. The molecule has 0 radical (unpaired) electrons. The monoisotopic (exact) mass is 234 g/mol. The summed E-state index contributed by atoms with van der Waals surface area (Å²) < 4.78 is 5.75. The van der Waals surface area contributed by atoms with Gasteiger partial charge in [0.05, 0.1) is 5.69 Å². The van der Waals surface area contributed by atoms with E-state index in [-0.39, 0.29) is 0 Å². The lowest BCUT2D eigenvalue weighted by molar-refractivity contribution is 0.184. The third-order valence-corrected chi connectivity index (χ3v) is 3.40. The number of hydrogen-bond donors (Lipinski definition) is 1. The van der Waals surface area contributed by atoms with Gasteiger partial charge in [-0.1, -0.05) is 18.6 Å². The molecule has 0 aromatic heterocycles. The highest BCUT2D eigenvalue weighted by Gasteiger charge is 2.10. The van der Waals surface area contributed by atoms with Crippen LogP contribution in [-0.2, 0) is 0 Å². The van der Waals surface area contributed by atoms with Crippen LogP contribution in [0.4, 0.5) is 5.69 Å². The number of para-hydroxylation sites is 1. The van der Waals surface area contributed by atoms with Gasteiger partial charge in [-0.3, -0.25) is 4.90 Å². The minimum absolute atomic E-state index is 0.730. The normalized spacial score (nSPS) is 17.0. The highest BCUT2D eigenvalue weighted by atomic mass is 16.5. The van der Waals surface area contributed by atoms with E-state index in [0.29, 0.717) is 0 Å². The fourth-order valence-electron chi connectivity index (χ4n) is 2.25. The molecule has 0 atom stereocenters. The van der Waals surface area contributed by atoms with Gasteiger partial charge in [-0.15, -0.1) is 0 Å². The summed E-state index contributed by atoms with van der Waals surface area (Å²) in [5.74, 6) is 0.821. The Morgan fingerprint density at radius 2 is 2.00 bits per heavy atom. The second-order valence-electron chi connectivity index (χ2n) is 4.74. The van der Waals surface area contributed by atoms with Gasteiger partial charge in [0.1, 0.15) is 12.4 Å². The molecular weight excluding hydrogens is 212 g/mol. The van der Waals surface area contributed by atoms with Crippen LogP contribution < -0.4 is 10.5 Å². The SMILES string of the molecule is Cc1cccc(OCCN2CCCCC2)c1N. The first-order valence-electron chi connectivity index (χ1n) is 6.47. The number of piperidine rings is 1. The van der Waals surface area contributed by atoms with Crippen molar-refractivity contribution in [3.8, 4) is 5.75 Å². The van der Waals surface area contributed by atoms with E-state index >= 15 is 0 Å². The average Bonchev–Trinajstić information content (AvgIpc) is 2.36. The summed E-state index contributed by atoms with van der Waals surface area (Å²) >= 11 is 0. The van der Waals surface area contributed by atoms with Crippen LogP contribution in [0.3, 0.4) is 0 Å². The first-order chi connectivity index (χ1) is 8.27. The molecule has 0 bridgehead atoms. The number of aryl methyl sites for hydroxylation is 1. The van der Waals surface area contributed by atoms with Crippen molar-refractivity contribution in [3.63, 3.8) is 0 Å². The molecule has 1 fully saturated rings. The zero-order valence-corrected chi connectivity index (χ0v) is 10.6. The molecule has 1 aromatic carbocycles. The van der Waals surface area contributed by atoms with E-state index in [2.05, 4.69) is 4.90 Å². The summed E-state index contributed by atoms with van der Waals surface area (Å²) in [6.07, 6.45) is 4.03. The van der Waals surface area contributed by atoms with E-state index in [9.17, 15) is 0 Å². The number of rotatable bonds is 4. The zero-order valence-electron chi connectivity index (χ0n) is 10.6. The third-order valence-electron chi connectivity index (χ3n) is 3.40. The molecule has 0 spiro atoms. The molecule has 2 N–H and O–H groups in total. The van der Waals surface area contributed by atoms with E-state index in [0.717, 1.165) is 30.2 Å². The molecule has 1 aliphatic rings. The van der Waals surface area contributed by atoms with Gasteiger partial charge in [-0.05, 0) is 44.5 Å². The molecule has 17 heavy (non-hydrogen) atoms. The lowest BCUT2D eigenvalue weighted by atomic mass is 10.1. The van der Waals surface area contributed by atoms with Crippen LogP contribution in [0.25, 0.3) is 0 Å². The van der Waals surface area contributed by atoms with Gasteiger partial charge >= 0.3 is 0 Å². The fourth-order valence-corrected chi connectivity index (χ4v) is 2.25. The molecule has 0 amide bonds. The standard InChI is InChI=1S/C14H22N2O/c1-12-6-5-7-13(14(12)15)17-11-10-16-8-3-2-4-9-16/h5-7H,2-4,8-11,15H2,1H3. The van der Waals surface area contributed by atoms with Crippen molar-refractivity contribution >= 4 is 5.69 Å². The fraction of sp³-hybridized carbons (Fsp3) is 0.571. The summed E-state index contributed by atoms with van der Waals surface area (Å²) in [7, 11) is 0. The molecule has 94 valence electrons. The molecule has 3 heteroatoms. The minimum atomic E-state index is 0.730.